The number of aliphatic carboxylic acids is 1. The minimum absolute atomic E-state index is 0. The van der Waals surface area contributed by atoms with Crippen LogP contribution in [0.15, 0.2) is 24.3 Å². The Morgan fingerprint density at radius 3 is 1.86 bits per heavy atom. The van der Waals surface area contributed by atoms with Crippen LogP contribution < -0.4 is 6.15 Å². The molecule has 0 spiro atoms. The van der Waals surface area contributed by atoms with Gasteiger partial charge in [-0.3, -0.25) is 4.79 Å². The molecule has 0 bridgehead atoms. The maximum atomic E-state index is 10.3. The van der Waals surface area contributed by atoms with Crippen LogP contribution in [0.25, 0.3) is 0 Å². The lowest BCUT2D eigenvalue weighted by Gasteiger charge is -1.98. The Labute approximate surface area is 143 Å². The van der Waals surface area contributed by atoms with E-state index < -0.39 is 5.97 Å². The van der Waals surface area contributed by atoms with Crippen molar-refractivity contribution in [3.8, 4) is 0 Å². The maximum Gasteiger partial charge on any atom is 0.303 e. The first-order valence-electron chi connectivity index (χ1n) is 8.29. The van der Waals surface area contributed by atoms with E-state index in [0.29, 0.717) is 6.42 Å². The standard InChI is InChI=1S/C18H32O2.ClH.H3N/c1-2-3-4-5-6-7-8-9-10-11-12-13-14-15-16-17-18(19)20;;/h6-7,9-10H,2-5,8,11-17H2,1H3,(H,19,20);1H;1H3/b7-6-,10-9-;;. The molecule has 0 rings (SSSR count). The number of halogens is 1. The van der Waals surface area contributed by atoms with Gasteiger partial charge in [0.05, 0.1) is 0 Å². The zero-order chi connectivity index (χ0) is 14.9. The minimum atomic E-state index is -0.671. The van der Waals surface area contributed by atoms with Crippen LogP contribution in [0.5, 0.6) is 0 Å². The van der Waals surface area contributed by atoms with E-state index in [1.807, 2.05) is 0 Å². The van der Waals surface area contributed by atoms with Gasteiger partial charge in [0.25, 0.3) is 0 Å². The number of hydrogen-bond acceptors (Lipinski definition) is 2. The van der Waals surface area contributed by atoms with Gasteiger partial charge in [0.15, 0.2) is 0 Å². The molecule has 132 valence electrons. The second-order valence-corrected chi connectivity index (χ2v) is 5.37. The minimum Gasteiger partial charge on any atom is -0.481 e. The SMILES string of the molecule is CCCCC/C=C\C/C=C\CCCCCCCC(=O)O.Cl.N. The van der Waals surface area contributed by atoms with E-state index in [9.17, 15) is 4.79 Å². The van der Waals surface area contributed by atoms with E-state index in [-0.39, 0.29) is 18.6 Å². The van der Waals surface area contributed by atoms with E-state index in [0.717, 1.165) is 25.7 Å². The molecule has 0 radical (unpaired) electrons. The summed E-state index contributed by atoms with van der Waals surface area (Å²) < 4.78 is 0. The highest BCUT2D eigenvalue weighted by atomic mass is 35.5. The van der Waals surface area contributed by atoms with Crippen molar-refractivity contribution in [2.75, 3.05) is 0 Å². The van der Waals surface area contributed by atoms with Crippen molar-refractivity contribution in [3.63, 3.8) is 0 Å². The van der Waals surface area contributed by atoms with Gasteiger partial charge < -0.3 is 11.3 Å². The van der Waals surface area contributed by atoms with Crippen molar-refractivity contribution in [3.05, 3.63) is 24.3 Å². The van der Waals surface area contributed by atoms with Crippen molar-refractivity contribution >= 4 is 18.4 Å². The molecular weight excluding hydrogens is 298 g/mol. The summed E-state index contributed by atoms with van der Waals surface area (Å²) in [7, 11) is 0. The Morgan fingerprint density at radius 1 is 0.818 bits per heavy atom. The number of carboxylic acids is 1. The van der Waals surface area contributed by atoms with Crippen LogP contribution in [0.3, 0.4) is 0 Å². The molecule has 0 aromatic carbocycles. The van der Waals surface area contributed by atoms with Gasteiger partial charge in [0.1, 0.15) is 0 Å². The van der Waals surface area contributed by atoms with Gasteiger partial charge in [-0.15, -0.1) is 12.4 Å². The summed E-state index contributed by atoms with van der Waals surface area (Å²) in [5, 5.41) is 8.50. The van der Waals surface area contributed by atoms with Crippen molar-refractivity contribution in [1.82, 2.24) is 6.15 Å². The highest BCUT2D eigenvalue weighted by Crippen LogP contribution is 2.08. The molecule has 3 nitrogen and oxygen atoms in total. The van der Waals surface area contributed by atoms with Gasteiger partial charge in [-0.05, 0) is 38.5 Å². The lowest BCUT2D eigenvalue weighted by Crippen LogP contribution is -1.93. The monoisotopic (exact) mass is 333 g/mol. The first-order chi connectivity index (χ1) is 9.77. The van der Waals surface area contributed by atoms with Crippen LogP contribution >= 0.6 is 12.4 Å². The molecule has 0 aliphatic carbocycles. The normalized spacial score (nSPS) is 10.6. The van der Waals surface area contributed by atoms with Crippen LogP contribution in [0.2, 0.25) is 0 Å². The average molecular weight is 334 g/mol. The first kappa shape index (κ1) is 26.1. The summed E-state index contributed by atoms with van der Waals surface area (Å²) in [4.78, 5) is 10.3. The lowest BCUT2D eigenvalue weighted by molar-refractivity contribution is -0.137. The highest BCUT2D eigenvalue weighted by Gasteiger charge is 1.95. The van der Waals surface area contributed by atoms with E-state index in [2.05, 4.69) is 31.2 Å². The van der Waals surface area contributed by atoms with Crippen molar-refractivity contribution in [2.45, 2.75) is 84.0 Å². The fourth-order valence-corrected chi connectivity index (χ4v) is 2.09. The summed E-state index contributed by atoms with van der Waals surface area (Å²) in [6.07, 6.45) is 22.3. The zero-order valence-electron chi connectivity index (χ0n) is 14.3. The molecule has 0 fully saturated rings. The molecule has 0 saturated heterocycles. The van der Waals surface area contributed by atoms with E-state index in [4.69, 9.17) is 5.11 Å². The second-order valence-electron chi connectivity index (χ2n) is 5.37. The van der Waals surface area contributed by atoms with Crippen LogP contribution in [0.4, 0.5) is 0 Å². The maximum absolute atomic E-state index is 10.3. The van der Waals surface area contributed by atoms with Gasteiger partial charge in [0, 0.05) is 6.42 Å². The lowest BCUT2D eigenvalue weighted by atomic mass is 10.1. The van der Waals surface area contributed by atoms with Gasteiger partial charge >= 0.3 is 5.97 Å². The third-order valence-electron chi connectivity index (χ3n) is 3.34. The summed E-state index contributed by atoms with van der Waals surface area (Å²) in [6, 6.07) is 0. The molecule has 0 aromatic heterocycles. The number of allylic oxidation sites excluding steroid dienone is 4. The molecule has 0 amide bonds. The number of carbonyl (C=O) groups is 1. The molecule has 4 N–H and O–H groups in total. The number of unbranched alkanes of at least 4 members (excludes halogenated alkanes) is 8. The number of carboxylic acid groups (broad SMARTS) is 1. The van der Waals surface area contributed by atoms with Gasteiger partial charge in [-0.1, -0.05) is 63.3 Å². The third kappa shape index (κ3) is 24.2. The molecule has 0 atom stereocenters. The zero-order valence-corrected chi connectivity index (χ0v) is 15.1. The Kier molecular flexibility index (Phi) is 26.7. The average Bonchev–Trinajstić information content (AvgIpc) is 2.43. The fraction of sp³-hybridized carbons (Fsp3) is 0.722. The molecule has 0 saturated carbocycles. The number of hydrogen-bond donors (Lipinski definition) is 2. The molecule has 0 heterocycles. The van der Waals surface area contributed by atoms with Crippen LogP contribution in [-0.4, -0.2) is 11.1 Å². The summed E-state index contributed by atoms with van der Waals surface area (Å²) in [5.41, 5.74) is 0. The Morgan fingerprint density at radius 2 is 1.32 bits per heavy atom. The first-order valence-corrected chi connectivity index (χ1v) is 8.29. The van der Waals surface area contributed by atoms with Gasteiger partial charge in [-0.2, -0.15) is 0 Å². The predicted octanol–water partition coefficient (Wildman–Crippen LogP) is 6.47. The van der Waals surface area contributed by atoms with E-state index in [1.165, 1.54) is 44.9 Å². The molecule has 22 heavy (non-hydrogen) atoms. The van der Waals surface area contributed by atoms with E-state index in [1.54, 1.807) is 0 Å². The highest BCUT2D eigenvalue weighted by molar-refractivity contribution is 5.85. The molecule has 0 aliphatic heterocycles. The quantitative estimate of drug-likeness (QED) is 0.282. The molecule has 0 unspecified atom stereocenters. The summed E-state index contributed by atoms with van der Waals surface area (Å²) >= 11 is 0. The van der Waals surface area contributed by atoms with E-state index >= 15 is 0 Å². The predicted molar refractivity (Wildman–Crippen MR) is 99.3 cm³/mol. The van der Waals surface area contributed by atoms with Crippen molar-refractivity contribution in [1.29, 1.82) is 0 Å². The second kappa shape index (κ2) is 22.5. The topological polar surface area (TPSA) is 72.3 Å². The van der Waals surface area contributed by atoms with Crippen molar-refractivity contribution < 1.29 is 9.90 Å². The molecule has 0 aromatic rings. The van der Waals surface area contributed by atoms with Crippen LogP contribution in [0.1, 0.15) is 84.0 Å². The molecular formula is C18H36ClNO2. The third-order valence-corrected chi connectivity index (χ3v) is 3.34. The summed E-state index contributed by atoms with van der Waals surface area (Å²) in [6.45, 7) is 2.23. The fourth-order valence-electron chi connectivity index (χ4n) is 2.09. The summed E-state index contributed by atoms with van der Waals surface area (Å²) in [5.74, 6) is -0.671. The Balaban J connectivity index is -0.00000180. The largest absolute Gasteiger partial charge is 0.481 e. The van der Waals surface area contributed by atoms with Crippen LogP contribution in [-0.2, 0) is 4.79 Å². The molecule has 0 aliphatic rings. The molecule has 4 heteroatoms. The Bertz CT molecular complexity index is 278. The van der Waals surface area contributed by atoms with Crippen LogP contribution in [0, 0.1) is 0 Å². The number of rotatable bonds is 14. The van der Waals surface area contributed by atoms with Gasteiger partial charge in [-0.25, -0.2) is 0 Å². The smallest absolute Gasteiger partial charge is 0.303 e. The van der Waals surface area contributed by atoms with Gasteiger partial charge in [0.2, 0.25) is 0 Å². The Hall–Kier alpha value is -0.800. The van der Waals surface area contributed by atoms with Crippen molar-refractivity contribution in [2.24, 2.45) is 0 Å².